The van der Waals surface area contributed by atoms with Crippen LogP contribution in [0.3, 0.4) is 0 Å². The molecule has 0 atom stereocenters. The first kappa shape index (κ1) is 16.5. The fourth-order valence-corrected chi connectivity index (χ4v) is 2.30. The van der Waals surface area contributed by atoms with E-state index in [1.54, 1.807) is 30.6 Å². The highest BCUT2D eigenvalue weighted by molar-refractivity contribution is 5.87. The van der Waals surface area contributed by atoms with E-state index in [2.05, 4.69) is 4.98 Å². The fourth-order valence-electron chi connectivity index (χ4n) is 2.30. The quantitative estimate of drug-likeness (QED) is 0.721. The van der Waals surface area contributed by atoms with Gasteiger partial charge in [-0.1, -0.05) is 36.4 Å². The number of nitrogens with zero attached hydrogens (tertiary/aromatic N) is 1. The summed E-state index contributed by atoms with van der Waals surface area (Å²) in [5.74, 6) is -0.200. The lowest BCUT2D eigenvalue weighted by atomic mass is 10.1. The molecule has 25 heavy (non-hydrogen) atoms. The minimum Gasteiger partial charge on any atom is -0.489 e. The van der Waals surface area contributed by atoms with E-state index in [1.807, 2.05) is 54.6 Å². The van der Waals surface area contributed by atoms with Crippen LogP contribution in [0.25, 0.3) is 12.2 Å². The SMILES string of the molecule is O=C(O)c1cccc(COc2ccc(/C=C/c3ccncc3)cc2)c1. The van der Waals surface area contributed by atoms with Gasteiger partial charge in [0.1, 0.15) is 12.4 Å². The summed E-state index contributed by atoms with van der Waals surface area (Å²) < 4.78 is 5.72. The number of carboxylic acids is 1. The molecule has 0 bridgehead atoms. The van der Waals surface area contributed by atoms with Gasteiger partial charge in [0.2, 0.25) is 0 Å². The zero-order valence-electron chi connectivity index (χ0n) is 13.5. The smallest absolute Gasteiger partial charge is 0.335 e. The maximum atomic E-state index is 11.0. The van der Waals surface area contributed by atoms with Crippen LogP contribution in [-0.2, 0) is 6.61 Å². The van der Waals surface area contributed by atoms with Gasteiger partial charge in [-0.15, -0.1) is 0 Å². The van der Waals surface area contributed by atoms with Crippen LogP contribution in [0.15, 0.2) is 73.1 Å². The molecule has 0 spiro atoms. The molecule has 1 heterocycles. The summed E-state index contributed by atoms with van der Waals surface area (Å²) in [5.41, 5.74) is 3.24. The van der Waals surface area contributed by atoms with Crippen LogP contribution < -0.4 is 4.74 Å². The molecule has 0 aliphatic carbocycles. The summed E-state index contributed by atoms with van der Waals surface area (Å²) in [6.07, 6.45) is 7.57. The van der Waals surface area contributed by atoms with Crippen molar-refractivity contribution in [1.29, 1.82) is 0 Å². The van der Waals surface area contributed by atoms with Crippen LogP contribution in [0.4, 0.5) is 0 Å². The number of rotatable bonds is 6. The number of carbonyl (C=O) groups is 1. The molecule has 0 amide bonds. The zero-order valence-corrected chi connectivity index (χ0v) is 13.5. The number of hydrogen-bond acceptors (Lipinski definition) is 3. The first-order valence-corrected chi connectivity index (χ1v) is 7.84. The Morgan fingerprint density at radius 3 is 2.32 bits per heavy atom. The summed E-state index contributed by atoms with van der Waals surface area (Å²) in [6.45, 7) is 0.327. The van der Waals surface area contributed by atoms with Crippen molar-refractivity contribution in [3.05, 3.63) is 95.3 Å². The van der Waals surface area contributed by atoms with Crippen molar-refractivity contribution in [2.75, 3.05) is 0 Å². The molecule has 4 nitrogen and oxygen atoms in total. The summed E-state index contributed by atoms with van der Waals surface area (Å²) in [6, 6.07) is 18.4. The zero-order chi connectivity index (χ0) is 17.5. The van der Waals surface area contributed by atoms with E-state index in [1.165, 1.54) is 0 Å². The lowest BCUT2D eigenvalue weighted by molar-refractivity contribution is 0.0696. The van der Waals surface area contributed by atoms with Crippen LogP contribution in [0, 0.1) is 0 Å². The van der Waals surface area contributed by atoms with Gasteiger partial charge in [0.25, 0.3) is 0 Å². The average Bonchev–Trinajstić information content (AvgIpc) is 2.66. The topological polar surface area (TPSA) is 59.4 Å². The van der Waals surface area contributed by atoms with Crippen molar-refractivity contribution in [3.63, 3.8) is 0 Å². The van der Waals surface area contributed by atoms with Crippen molar-refractivity contribution in [2.45, 2.75) is 6.61 Å². The number of pyridine rings is 1. The van der Waals surface area contributed by atoms with Gasteiger partial charge in [-0.3, -0.25) is 4.98 Å². The molecule has 0 unspecified atom stereocenters. The number of hydrogen-bond donors (Lipinski definition) is 1. The van der Waals surface area contributed by atoms with E-state index in [4.69, 9.17) is 9.84 Å². The number of aromatic carboxylic acids is 1. The number of ether oxygens (including phenoxy) is 1. The van der Waals surface area contributed by atoms with Crippen molar-refractivity contribution in [1.82, 2.24) is 4.98 Å². The van der Waals surface area contributed by atoms with Gasteiger partial charge >= 0.3 is 5.97 Å². The maximum Gasteiger partial charge on any atom is 0.335 e. The van der Waals surface area contributed by atoms with Crippen LogP contribution in [-0.4, -0.2) is 16.1 Å². The monoisotopic (exact) mass is 331 g/mol. The Bertz CT molecular complexity index is 871. The second kappa shape index (κ2) is 7.93. The normalized spacial score (nSPS) is 10.7. The van der Waals surface area contributed by atoms with Gasteiger partial charge in [0, 0.05) is 12.4 Å². The van der Waals surface area contributed by atoms with Gasteiger partial charge in [0.05, 0.1) is 5.56 Å². The number of benzene rings is 2. The fraction of sp³-hybridized carbons (Fsp3) is 0.0476. The average molecular weight is 331 g/mol. The molecule has 0 aliphatic rings. The molecule has 0 aliphatic heterocycles. The second-order valence-corrected chi connectivity index (χ2v) is 5.48. The van der Waals surface area contributed by atoms with Gasteiger partial charge in [-0.25, -0.2) is 4.79 Å². The second-order valence-electron chi connectivity index (χ2n) is 5.48. The van der Waals surface area contributed by atoms with Crippen LogP contribution in [0.5, 0.6) is 5.75 Å². The number of aromatic nitrogens is 1. The Labute approximate surface area is 146 Å². The first-order chi connectivity index (χ1) is 12.2. The summed E-state index contributed by atoms with van der Waals surface area (Å²) in [4.78, 5) is 15.0. The molecular formula is C21H17NO3. The molecule has 3 aromatic rings. The van der Waals surface area contributed by atoms with Crippen molar-refractivity contribution in [3.8, 4) is 5.75 Å². The molecule has 1 aromatic heterocycles. The molecule has 0 saturated carbocycles. The molecule has 2 aromatic carbocycles. The number of carboxylic acid groups (broad SMARTS) is 1. The molecule has 1 N–H and O–H groups in total. The minimum absolute atomic E-state index is 0.262. The van der Waals surface area contributed by atoms with Crippen LogP contribution >= 0.6 is 0 Å². The molecule has 0 radical (unpaired) electrons. The van der Waals surface area contributed by atoms with Crippen LogP contribution in [0.2, 0.25) is 0 Å². The summed E-state index contributed by atoms with van der Waals surface area (Å²) in [5, 5.41) is 9.01. The van der Waals surface area contributed by atoms with E-state index in [0.29, 0.717) is 6.61 Å². The van der Waals surface area contributed by atoms with E-state index >= 15 is 0 Å². The summed E-state index contributed by atoms with van der Waals surface area (Å²) >= 11 is 0. The highest BCUT2D eigenvalue weighted by atomic mass is 16.5. The van der Waals surface area contributed by atoms with Gasteiger partial charge < -0.3 is 9.84 Å². The van der Waals surface area contributed by atoms with Crippen LogP contribution in [0.1, 0.15) is 27.0 Å². The molecule has 0 fully saturated rings. The first-order valence-electron chi connectivity index (χ1n) is 7.84. The standard InChI is InChI=1S/C21H17NO3/c23-21(24)19-3-1-2-18(14-19)15-25-20-8-6-16(7-9-20)4-5-17-10-12-22-13-11-17/h1-14H,15H2,(H,23,24)/b5-4+. The van der Waals surface area contributed by atoms with Crippen molar-refractivity contribution < 1.29 is 14.6 Å². The summed E-state index contributed by atoms with van der Waals surface area (Å²) in [7, 11) is 0. The Hall–Kier alpha value is -3.40. The van der Waals surface area contributed by atoms with Crippen molar-refractivity contribution >= 4 is 18.1 Å². The van der Waals surface area contributed by atoms with E-state index in [0.717, 1.165) is 22.4 Å². The largest absolute Gasteiger partial charge is 0.489 e. The Morgan fingerprint density at radius 1 is 0.960 bits per heavy atom. The van der Waals surface area contributed by atoms with Crippen molar-refractivity contribution in [2.24, 2.45) is 0 Å². The Kier molecular flexibility index (Phi) is 5.22. The highest BCUT2D eigenvalue weighted by Gasteiger charge is 2.03. The van der Waals surface area contributed by atoms with E-state index in [-0.39, 0.29) is 5.56 Å². The third kappa shape index (κ3) is 4.78. The maximum absolute atomic E-state index is 11.0. The Morgan fingerprint density at radius 2 is 1.64 bits per heavy atom. The lowest BCUT2D eigenvalue weighted by Gasteiger charge is -2.07. The van der Waals surface area contributed by atoms with Gasteiger partial charge in [-0.2, -0.15) is 0 Å². The predicted octanol–water partition coefficient (Wildman–Crippen LogP) is 4.53. The molecule has 124 valence electrons. The van der Waals surface area contributed by atoms with E-state index < -0.39 is 5.97 Å². The molecule has 4 heteroatoms. The lowest BCUT2D eigenvalue weighted by Crippen LogP contribution is -2.00. The van der Waals surface area contributed by atoms with Gasteiger partial charge in [0.15, 0.2) is 0 Å². The molecule has 3 rings (SSSR count). The van der Waals surface area contributed by atoms with Gasteiger partial charge in [-0.05, 0) is 53.1 Å². The Balaban J connectivity index is 1.60. The third-order valence-corrected chi connectivity index (χ3v) is 3.63. The molecular weight excluding hydrogens is 314 g/mol. The van der Waals surface area contributed by atoms with E-state index in [9.17, 15) is 4.79 Å². The minimum atomic E-state index is -0.938. The predicted molar refractivity (Wildman–Crippen MR) is 97.3 cm³/mol. The third-order valence-electron chi connectivity index (χ3n) is 3.63. The molecule has 0 saturated heterocycles. The highest BCUT2D eigenvalue weighted by Crippen LogP contribution is 2.16.